The standard InChI is InChI=1S/C13H11Br2NO2S2/c1-2-3-18-11-7(4-8(14)6-9(11)15)5-10-12(17)16-13(19)20-10/h4-6H,2-3H2,1H3,(H,16,17,19). The minimum Gasteiger partial charge on any atom is -0.492 e. The van der Waals surface area contributed by atoms with Crippen molar-refractivity contribution in [1.82, 2.24) is 5.32 Å². The fourth-order valence-corrected chi connectivity index (χ4v) is 4.01. The number of nitrogens with one attached hydrogen (secondary N) is 1. The van der Waals surface area contributed by atoms with Crippen LogP contribution in [0.25, 0.3) is 6.08 Å². The molecule has 1 aliphatic rings. The Morgan fingerprint density at radius 3 is 2.80 bits per heavy atom. The fourth-order valence-electron chi connectivity index (χ4n) is 1.61. The molecule has 0 aromatic heterocycles. The van der Waals surface area contributed by atoms with Crippen LogP contribution in [-0.2, 0) is 4.79 Å². The van der Waals surface area contributed by atoms with Crippen LogP contribution >= 0.6 is 55.8 Å². The average Bonchev–Trinajstić information content (AvgIpc) is 2.66. The first-order valence-electron chi connectivity index (χ1n) is 5.88. The van der Waals surface area contributed by atoms with Crippen molar-refractivity contribution in [2.45, 2.75) is 13.3 Å². The fraction of sp³-hybridized carbons (Fsp3) is 0.231. The van der Waals surface area contributed by atoms with Gasteiger partial charge < -0.3 is 10.1 Å². The highest BCUT2D eigenvalue weighted by atomic mass is 79.9. The van der Waals surface area contributed by atoms with E-state index < -0.39 is 0 Å². The Bertz CT molecular complexity index is 602. The lowest BCUT2D eigenvalue weighted by molar-refractivity contribution is -0.115. The molecule has 1 fully saturated rings. The number of thioether (sulfide) groups is 1. The second-order valence-electron chi connectivity index (χ2n) is 4.01. The molecule has 2 rings (SSSR count). The van der Waals surface area contributed by atoms with Crippen LogP contribution in [0.4, 0.5) is 0 Å². The monoisotopic (exact) mass is 435 g/mol. The molecule has 1 aromatic rings. The van der Waals surface area contributed by atoms with Gasteiger partial charge in [-0.1, -0.05) is 46.8 Å². The molecular weight excluding hydrogens is 426 g/mol. The predicted molar refractivity (Wildman–Crippen MR) is 93.9 cm³/mol. The van der Waals surface area contributed by atoms with Crippen molar-refractivity contribution < 1.29 is 9.53 Å². The number of ether oxygens (including phenoxy) is 1. The van der Waals surface area contributed by atoms with Crippen molar-refractivity contribution in [2.75, 3.05) is 6.61 Å². The van der Waals surface area contributed by atoms with Crippen LogP contribution in [0.15, 0.2) is 26.0 Å². The first-order valence-corrected chi connectivity index (χ1v) is 8.69. The van der Waals surface area contributed by atoms with Crippen LogP contribution in [-0.4, -0.2) is 16.8 Å². The number of amides is 1. The van der Waals surface area contributed by atoms with Gasteiger partial charge in [0.2, 0.25) is 0 Å². The zero-order valence-corrected chi connectivity index (χ0v) is 15.3. The van der Waals surface area contributed by atoms with Crippen LogP contribution < -0.4 is 10.1 Å². The molecule has 20 heavy (non-hydrogen) atoms. The zero-order valence-electron chi connectivity index (χ0n) is 10.5. The van der Waals surface area contributed by atoms with Crippen LogP contribution in [0, 0.1) is 0 Å². The van der Waals surface area contributed by atoms with Gasteiger partial charge in [-0.3, -0.25) is 4.79 Å². The first kappa shape index (κ1) is 16.0. The first-order chi connectivity index (χ1) is 9.51. The number of rotatable bonds is 4. The summed E-state index contributed by atoms with van der Waals surface area (Å²) in [6.45, 7) is 2.66. The molecule has 1 aromatic carbocycles. The third kappa shape index (κ3) is 3.84. The van der Waals surface area contributed by atoms with Gasteiger partial charge in [0.15, 0.2) is 0 Å². The smallest absolute Gasteiger partial charge is 0.263 e. The lowest BCUT2D eigenvalue weighted by atomic mass is 10.2. The van der Waals surface area contributed by atoms with Gasteiger partial charge in [-0.15, -0.1) is 0 Å². The quantitative estimate of drug-likeness (QED) is 0.557. The Kier molecular flexibility index (Phi) is 5.65. The molecule has 1 aliphatic heterocycles. The molecule has 1 amide bonds. The number of hydrogen-bond acceptors (Lipinski definition) is 4. The topological polar surface area (TPSA) is 38.3 Å². The van der Waals surface area contributed by atoms with Crippen LogP contribution in [0.2, 0.25) is 0 Å². The van der Waals surface area contributed by atoms with Gasteiger partial charge in [-0.05, 0) is 40.6 Å². The number of carbonyl (C=O) groups is 1. The highest BCUT2D eigenvalue weighted by molar-refractivity contribution is 9.11. The lowest BCUT2D eigenvalue weighted by Gasteiger charge is -2.11. The molecule has 7 heteroatoms. The van der Waals surface area contributed by atoms with Crippen molar-refractivity contribution >= 4 is 72.1 Å². The molecule has 0 saturated carbocycles. The summed E-state index contributed by atoms with van der Waals surface area (Å²) < 4.78 is 7.99. The molecule has 106 valence electrons. The van der Waals surface area contributed by atoms with Crippen molar-refractivity contribution in [1.29, 1.82) is 0 Å². The maximum atomic E-state index is 11.7. The molecule has 0 bridgehead atoms. The molecule has 0 atom stereocenters. The zero-order chi connectivity index (χ0) is 14.7. The Labute approximate surface area is 143 Å². The summed E-state index contributed by atoms with van der Waals surface area (Å²) >= 11 is 13.2. The molecule has 0 aliphatic carbocycles. The SMILES string of the molecule is CCCOc1c(Br)cc(Br)cc1C=C1SC(=S)NC1=O. The van der Waals surface area contributed by atoms with Gasteiger partial charge in [0.05, 0.1) is 16.0 Å². The van der Waals surface area contributed by atoms with Crippen molar-refractivity contribution in [3.8, 4) is 5.75 Å². The second kappa shape index (κ2) is 7.06. The van der Waals surface area contributed by atoms with Crippen molar-refractivity contribution in [2.24, 2.45) is 0 Å². The lowest BCUT2D eigenvalue weighted by Crippen LogP contribution is -2.17. The molecular formula is C13H11Br2NO2S2. The third-order valence-electron chi connectivity index (χ3n) is 2.42. The number of hydrogen-bond donors (Lipinski definition) is 1. The van der Waals surface area contributed by atoms with E-state index in [-0.39, 0.29) is 5.91 Å². The Morgan fingerprint density at radius 1 is 1.45 bits per heavy atom. The maximum Gasteiger partial charge on any atom is 0.263 e. The Morgan fingerprint density at radius 2 is 2.20 bits per heavy atom. The van der Waals surface area contributed by atoms with E-state index in [1.807, 2.05) is 19.1 Å². The molecule has 0 radical (unpaired) electrons. The van der Waals surface area contributed by atoms with E-state index in [0.717, 1.165) is 26.7 Å². The molecule has 3 nitrogen and oxygen atoms in total. The minimum atomic E-state index is -0.169. The Hall–Kier alpha value is -0.370. The number of halogens is 2. The van der Waals surface area contributed by atoms with Gasteiger partial charge in [-0.2, -0.15) is 0 Å². The number of carbonyl (C=O) groups excluding carboxylic acids is 1. The third-order valence-corrected chi connectivity index (χ3v) is 4.63. The molecule has 1 heterocycles. The second-order valence-corrected chi connectivity index (χ2v) is 7.50. The average molecular weight is 437 g/mol. The van der Waals surface area contributed by atoms with Gasteiger partial charge in [-0.25, -0.2) is 0 Å². The molecule has 0 spiro atoms. The summed E-state index contributed by atoms with van der Waals surface area (Å²) in [5.74, 6) is 0.561. The van der Waals surface area contributed by atoms with Crippen LogP contribution in [0.5, 0.6) is 5.75 Å². The number of benzene rings is 1. The summed E-state index contributed by atoms with van der Waals surface area (Å²) in [6.07, 6.45) is 2.71. The van der Waals surface area contributed by atoms with E-state index in [1.165, 1.54) is 11.8 Å². The van der Waals surface area contributed by atoms with E-state index in [1.54, 1.807) is 6.08 Å². The minimum absolute atomic E-state index is 0.169. The molecule has 0 unspecified atom stereocenters. The summed E-state index contributed by atoms with van der Waals surface area (Å²) in [5.41, 5.74) is 0.835. The van der Waals surface area contributed by atoms with Crippen LogP contribution in [0.3, 0.4) is 0 Å². The van der Waals surface area contributed by atoms with Crippen LogP contribution in [0.1, 0.15) is 18.9 Å². The summed E-state index contributed by atoms with van der Waals surface area (Å²) in [6, 6.07) is 3.83. The highest BCUT2D eigenvalue weighted by Crippen LogP contribution is 2.36. The Balaban J connectivity index is 2.41. The van der Waals surface area contributed by atoms with E-state index in [2.05, 4.69) is 37.2 Å². The maximum absolute atomic E-state index is 11.7. The molecule has 1 saturated heterocycles. The van der Waals surface area contributed by atoms with Gasteiger partial charge in [0, 0.05) is 10.0 Å². The highest BCUT2D eigenvalue weighted by Gasteiger charge is 2.23. The predicted octanol–water partition coefficient (Wildman–Crippen LogP) is 4.49. The van der Waals surface area contributed by atoms with Crippen molar-refractivity contribution in [3.05, 3.63) is 31.5 Å². The van der Waals surface area contributed by atoms with Gasteiger partial charge in [0.25, 0.3) is 5.91 Å². The summed E-state index contributed by atoms with van der Waals surface area (Å²) in [5, 5.41) is 2.60. The largest absolute Gasteiger partial charge is 0.492 e. The van der Waals surface area contributed by atoms with Gasteiger partial charge >= 0.3 is 0 Å². The normalized spacial score (nSPS) is 16.6. The number of thiocarbonyl (C=S) groups is 1. The van der Waals surface area contributed by atoms with E-state index in [0.29, 0.717) is 15.8 Å². The van der Waals surface area contributed by atoms with E-state index in [4.69, 9.17) is 17.0 Å². The van der Waals surface area contributed by atoms with E-state index in [9.17, 15) is 4.79 Å². The summed E-state index contributed by atoms with van der Waals surface area (Å²) in [4.78, 5) is 12.3. The van der Waals surface area contributed by atoms with Gasteiger partial charge in [0.1, 0.15) is 10.1 Å². The molecule has 1 N–H and O–H groups in total. The summed E-state index contributed by atoms with van der Waals surface area (Å²) in [7, 11) is 0. The van der Waals surface area contributed by atoms with E-state index >= 15 is 0 Å². The van der Waals surface area contributed by atoms with Crippen molar-refractivity contribution in [3.63, 3.8) is 0 Å².